The SMILES string of the molecule is CO[As](=O)(O)OC.O.O.O. The van der Waals surface area contributed by atoms with Crippen molar-refractivity contribution in [1.82, 2.24) is 0 Å². The summed E-state index contributed by atoms with van der Waals surface area (Å²) < 4.78 is 26.5. The number of hydrogen-bond donors (Lipinski definition) is 1. The maximum absolute atomic E-state index is 10.1. The van der Waals surface area contributed by atoms with Crippen molar-refractivity contribution in [2.45, 2.75) is 0 Å². The molecule has 0 aliphatic carbocycles. The van der Waals surface area contributed by atoms with E-state index in [0.29, 0.717) is 0 Å². The van der Waals surface area contributed by atoms with Gasteiger partial charge < -0.3 is 16.4 Å². The van der Waals surface area contributed by atoms with Crippen LogP contribution in [0.2, 0.25) is 0 Å². The van der Waals surface area contributed by atoms with Crippen molar-refractivity contribution in [3.05, 3.63) is 0 Å². The van der Waals surface area contributed by atoms with Crippen molar-refractivity contribution in [3.63, 3.8) is 0 Å². The standard InChI is InChI=1S/C2H7AsO4.3H2O/c1-6-3(4,5)7-2;;;/h1-2H3,(H,4,5);3*1H2. The summed E-state index contributed by atoms with van der Waals surface area (Å²) in [5, 5.41) is 0. The van der Waals surface area contributed by atoms with Crippen LogP contribution >= 0.6 is 0 Å². The van der Waals surface area contributed by atoms with E-state index < -0.39 is 14.5 Å². The number of hydrogen-bond acceptors (Lipinski definition) is 3. The smallest absolute Gasteiger partial charge is 0.412 e. The van der Waals surface area contributed by atoms with Crippen molar-refractivity contribution in [2.75, 3.05) is 14.2 Å². The van der Waals surface area contributed by atoms with Gasteiger partial charge in [0.05, 0.1) is 0 Å². The molecule has 0 saturated carbocycles. The molecule has 8 heteroatoms. The predicted molar refractivity (Wildman–Crippen MR) is 33.5 cm³/mol. The van der Waals surface area contributed by atoms with Crippen molar-refractivity contribution in [3.8, 4) is 0 Å². The largest absolute Gasteiger partial charge is 0.412 e. The van der Waals surface area contributed by atoms with E-state index in [4.69, 9.17) is 4.10 Å². The first-order valence-corrected chi connectivity index (χ1v) is 4.70. The summed E-state index contributed by atoms with van der Waals surface area (Å²) in [4.78, 5) is 0. The summed E-state index contributed by atoms with van der Waals surface area (Å²) in [6, 6.07) is 0. The molecule has 7 nitrogen and oxygen atoms in total. The Balaban J connectivity index is -0.0000000600. The zero-order chi connectivity index (χ0) is 5.91. The summed E-state index contributed by atoms with van der Waals surface area (Å²) in [5.74, 6) is 0. The summed E-state index contributed by atoms with van der Waals surface area (Å²) in [5.41, 5.74) is 0. The molecule has 0 aromatic heterocycles. The van der Waals surface area contributed by atoms with Crippen LogP contribution in [0.5, 0.6) is 0 Å². The first kappa shape index (κ1) is 22.5. The zero-order valence-corrected chi connectivity index (χ0v) is 7.50. The Morgan fingerprint density at radius 3 is 1.30 bits per heavy atom. The van der Waals surface area contributed by atoms with E-state index in [9.17, 15) is 3.74 Å². The van der Waals surface area contributed by atoms with Gasteiger partial charge in [-0.15, -0.1) is 0 Å². The monoisotopic (exact) mass is 224 g/mol. The molecule has 0 atom stereocenters. The molecule has 0 radical (unpaired) electrons. The molecule has 0 unspecified atom stereocenters. The molecule has 7 N–H and O–H groups in total. The second kappa shape index (κ2) is 9.12. The maximum Gasteiger partial charge on any atom is -0.412 e. The van der Waals surface area contributed by atoms with Crippen LogP contribution in [-0.2, 0) is 11.2 Å². The predicted octanol–water partition coefficient (Wildman–Crippen LogP) is -3.34. The number of rotatable bonds is 2. The van der Waals surface area contributed by atoms with Crippen LogP contribution in [0.1, 0.15) is 0 Å². The van der Waals surface area contributed by atoms with Gasteiger partial charge in [-0.3, -0.25) is 0 Å². The Kier molecular flexibility index (Phi) is 20.5. The second-order valence-electron chi connectivity index (χ2n) is 0.834. The summed E-state index contributed by atoms with van der Waals surface area (Å²) in [7, 11) is 2.26. The van der Waals surface area contributed by atoms with Crippen LogP contribution in [0.4, 0.5) is 0 Å². The maximum atomic E-state index is 10.1. The molecule has 0 heterocycles. The molecule has 0 aliphatic heterocycles. The Labute approximate surface area is 61.2 Å². The van der Waals surface area contributed by atoms with E-state index in [2.05, 4.69) is 7.45 Å². The quantitative estimate of drug-likeness (QED) is 0.487. The fourth-order valence-electron chi connectivity index (χ4n) is 0.0745. The van der Waals surface area contributed by atoms with E-state index in [1.807, 2.05) is 0 Å². The third kappa shape index (κ3) is 11.0. The van der Waals surface area contributed by atoms with Crippen molar-refractivity contribution < 1.29 is 31.7 Å². The average molecular weight is 224 g/mol. The summed E-state index contributed by atoms with van der Waals surface area (Å²) in [6.45, 7) is 0. The molecular weight excluding hydrogens is 211 g/mol. The van der Waals surface area contributed by atoms with Gasteiger partial charge in [0, 0.05) is 0 Å². The second-order valence-corrected chi connectivity index (χ2v) is 4.33. The first-order chi connectivity index (χ1) is 3.12. The Hall–Kier alpha value is 0.118. The third-order valence-corrected chi connectivity index (χ3v) is 2.40. The molecule has 10 heavy (non-hydrogen) atoms. The van der Waals surface area contributed by atoms with Gasteiger partial charge in [-0.2, -0.15) is 0 Å². The minimum Gasteiger partial charge on any atom is -0.412 e. The van der Waals surface area contributed by atoms with Gasteiger partial charge in [0.15, 0.2) is 0 Å². The molecule has 0 spiro atoms. The van der Waals surface area contributed by atoms with E-state index in [-0.39, 0.29) is 16.4 Å². The molecule has 0 amide bonds. The van der Waals surface area contributed by atoms with Crippen molar-refractivity contribution in [2.24, 2.45) is 0 Å². The van der Waals surface area contributed by atoms with Gasteiger partial charge in [0.25, 0.3) is 0 Å². The summed E-state index contributed by atoms with van der Waals surface area (Å²) in [6.07, 6.45) is 0. The fraction of sp³-hybridized carbons (Fsp3) is 1.00. The van der Waals surface area contributed by atoms with E-state index in [1.165, 1.54) is 0 Å². The molecular formula is C2H13AsO7. The van der Waals surface area contributed by atoms with E-state index >= 15 is 0 Å². The molecule has 0 aromatic carbocycles. The Bertz CT molecular complexity index is 83.6. The third-order valence-electron chi connectivity index (χ3n) is 0.461. The van der Waals surface area contributed by atoms with Crippen LogP contribution in [0.3, 0.4) is 0 Å². The van der Waals surface area contributed by atoms with Gasteiger partial charge in [0.2, 0.25) is 0 Å². The van der Waals surface area contributed by atoms with Crippen molar-refractivity contribution >= 4 is 14.5 Å². The van der Waals surface area contributed by atoms with Crippen molar-refractivity contribution in [1.29, 1.82) is 0 Å². The minimum absolute atomic E-state index is 0. The molecule has 68 valence electrons. The Morgan fingerprint density at radius 2 is 1.30 bits per heavy atom. The van der Waals surface area contributed by atoms with Crippen LogP contribution in [0.25, 0.3) is 0 Å². The molecule has 0 fully saturated rings. The van der Waals surface area contributed by atoms with Crippen LogP contribution in [0.15, 0.2) is 0 Å². The topological polar surface area (TPSA) is 150 Å². The van der Waals surface area contributed by atoms with Gasteiger partial charge in [-0.05, 0) is 0 Å². The van der Waals surface area contributed by atoms with Gasteiger partial charge in [-0.25, -0.2) is 0 Å². The van der Waals surface area contributed by atoms with Crippen LogP contribution in [-0.4, -0.2) is 49.3 Å². The first-order valence-electron chi connectivity index (χ1n) is 1.56. The van der Waals surface area contributed by atoms with E-state index in [0.717, 1.165) is 14.2 Å². The molecule has 0 rings (SSSR count). The molecule has 0 aliphatic rings. The van der Waals surface area contributed by atoms with Crippen LogP contribution in [0, 0.1) is 0 Å². The molecule has 0 aromatic rings. The zero-order valence-electron chi connectivity index (χ0n) is 5.62. The fourth-order valence-corrected chi connectivity index (χ4v) is 0.387. The average Bonchev–Trinajstić information content (AvgIpc) is 1.68. The molecule has 0 saturated heterocycles. The molecule has 0 bridgehead atoms. The van der Waals surface area contributed by atoms with E-state index in [1.54, 1.807) is 0 Å². The summed E-state index contributed by atoms with van der Waals surface area (Å²) >= 11 is -4.19. The minimum atomic E-state index is -4.19. The van der Waals surface area contributed by atoms with Gasteiger partial charge in [0.1, 0.15) is 0 Å². The Morgan fingerprint density at radius 1 is 1.10 bits per heavy atom. The normalized spacial score (nSPS) is 8.30. The van der Waals surface area contributed by atoms with Gasteiger partial charge >= 0.3 is 44.0 Å². The van der Waals surface area contributed by atoms with Gasteiger partial charge in [-0.1, -0.05) is 0 Å². The van der Waals surface area contributed by atoms with Crippen LogP contribution < -0.4 is 0 Å².